The van der Waals surface area contributed by atoms with Gasteiger partial charge >= 0.3 is 0 Å². The Bertz CT molecular complexity index is 374. The lowest BCUT2D eigenvalue weighted by molar-refractivity contribution is 0.397. The lowest BCUT2D eigenvalue weighted by Crippen LogP contribution is -2.06. The van der Waals surface area contributed by atoms with Crippen LogP contribution in [0.3, 0.4) is 0 Å². The van der Waals surface area contributed by atoms with Crippen LogP contribution < -0.4 is 0 Å². The molecule has 0 aliphatic carbocycles. The van der Waals surface area contributed by atoms with Crippen LogP contribution >= 0.6 is 0 Å². The van der Waals surface area contributed by atoms with Crippen molar-refractivity contribution >= 4 is 0 Å². The average molecular weight is 234 g/mol. The number of rotatable bonds is 4. The van der Waals surface area contributed by atoms with Crippen LogP contribution in [-0.4, -0.2) is 0 Å². The van der Waals surface area contributed by atoms with E-state index in [9.17, 15) is 17.6 Å². The molecule has 1 rings (SSSR count). The molecule has 0 nitrogen and oxygen atoms in total. The monoisotopic (exact) mass is 234 g/mol. The van der Waals surface area contributed by atoms with E-state index < -0.39 is 23.3 Å². The first kappa shape index (κ1) is 13.0. The van der Waals surface area contributed by atoms with Crippen molar-refractivity contribution in [3.63, 3.8) is 0 Å². The fourth-order valence-electron chi connectivity index (χ4n) is 1.74. The van der Waals surface area contributed by atoms with Crippen molar-refractivity contribution < 1.29 is 17.6 Å². The first-order valence-corrected chi connectivity index (χ1v) is 5.29. The van der Waals surface area contributed by atoms with Crippen molar-refractivity contribution in [2.75, 3.05) is 0 Å². The zero-order valence-electron chi connectivity index (χ0n) is 9.29. The van der Waals surface area contributed by atoms with Gasteiger partial charge in [-0.25, -0.2) is 17.6 Å². The maximum atomic E-state index is 13.3. The maximum Gasteiger partial charge on any atom is 0.197 e. The van der Waals surface area contributed by atoms with E-state index in [1.165, 1.54) is 0 Å². The van der Waals surface area contributed by atoms with Gasteiger partial charge in [0, 0.05) is 0 Å². The molecule has 1 atom stereocenters. The Morgan fingerprint density at radius 2 is 1.69 bits per heavy atom. The number of benzene rings is 1. The van der Waals surface area contributed by atoms with E-state index in [-0.39, 0.29) is 17.9 Å². The van der Waals surface area contributed by atoms with Gasteiger partial charge < -0.3 is 0 Å². The molecule has 0 amide bonds. The maximum absolute atomic E-state index is 13.3. The Hall–Kier alpha value is -1.06. The first-order valence-electron chi connectivity index (χ1n) is 5.29. The van der Waals surface area contributed by atoms with Crippen LogP contribution in [0.4, 0.5) is 17.6 Å². The lowest BCUT2D eigenvalue weighted by atomic mass is 9.96. The molecule has 0 fully saturated rings. The highest BCUT2D eigenvalue weighted by Gasteiger charge is 2.19. The zero-order valence-corrected chi connectivity index (χ0v) is 9.29. The van der Waals surface area contributed by atoms with Crippen molar-refractivity contribution in [2.24, 2.45) is 5.92 Å². The zero-order chi connectivity index (χ0) is 12.3. The molecule has 0 aromatic heterocycles. The van der Waals surface area contributed by atoms with Crippen LogP contribution in [0, 0.1) is 29.2 Å². The summed E-state index contributed by atoms with van der Waals surface area (Å²) in [6.07, 6.45) is 1.96. The summed E-state index contributed by atoms with van der Waals surface area (Å²) in [5.41, 5.74) is -0.0997. The fourth-order valence-corrected chi connectivity index (χ4v) is 1.74. The third-order valence-corrected chi connectivity index (χ3v) is 2.53. The molecule has 16 heavy (non-hydrogen) atoms. The number of hydrogen-bond acceptors (Lipinski definition) is 0. The van der Waals surface area contributed by atoms with Gasteiger partial charge in [0.05, 0.1) is 0 Å². The molecule has 0 aliphatic rings. The van der Waals surface area contributed by atoms with Crippen LogP contribution in [0.5, 0.6) is 0 Å². The molecular formula is C12H14F4. The fraction of sp³-hybridized carbons (Fsp3) is 0.500. The first-order chi connectivity index (χ1) is 7.47. The molecule has 0 spiro atoms. The summed E-state index contributed by atoms with van der Waals surface area (Å²) >= 11 is 0. The summed E-state index contributed by atoms with van der Waals surface area (Å²) < 4.78 is 51.7. The van der Waals surface area contributed by atoms with Crippen molar-refractivity contribution in [1.82, 2.24) is 0 Å². The Kier molecular flexibility index (Phi) is 4.33. The van der Waals surface area contributed by atoms with Gasteiger partial charge in [-0.2, -0.15) is 0 Å². The minimum absolute atomic E-state index is 0.0997. The quantitative estimate of drug-likeness (QED) is 0.415. The van der Waals surface area contributed by atoms with Gasteiger partial charge in [0.25, 0.3) is 0 Å². The molecule has 0 saturated carbocycles. The standard InChI is InChI=1S/C12H14F4/c1-3-4-7(2)5-8-6-9(13)11(15)12(16)10(8)14/h6-7H,3-5H2,1-2H3. The normalized spacial score (nSPS) is 12.9. The van der Waals surface area contributed by atoms with Crippen molar-refractivity contribution in [2.45, 2.75) is 33.1 Å². The minimum atomic E-state index is -1.75. The predicted octanol–water partition coefficient (Wildman–Crippen LogP) is 4.22. The smallest absolute Gasteiger partial charge is 0.197 e. The number of halogens is 4. The summed E-state index contributed by atoms with van der Waals surface area (Å²) in [5, 5.41) is 0. The minimum Gasteiger partial charge on any atom is -0.204 e. The molecule has 0 bridgehead atoms. The highest BCUT2D eigenvalue weighted by molar-refractivity contribution is 5.22. The molecule has 4 heteroatoms. The molecule has 0 radical (unpaired) electrons. The van der Waals surface area contributed by atoms with Crippen LogP contribution in [0.2, 0.25) is 0 Å². The van der Waals surface area contributed by atoms with E-state index in [4.69, 9.17) is 0 Å². The summed E-state index contributed by atoms with van der Waals surface area (Å²) in [6, 6.07) is 0.736. The van der Waals surface area contributed by atoms with Crippen LogP contribution in [-0.2, 0) is 6.42 Å². The predicted molar refractivity (Wildman–Crippen MR) is 54.1 cm³/mol. The van der Waals surface area contributed by atoms with Crippen molar-refractivity contribution in [1.29, 1.82) is 0 Å². The second-order valence-electron chi connectivity index (χ2n) is 4.06. The highest BCUT2D eigenvalue weighted by atomic mass is 19.2. The molecular weight excluding hydrogens is 220 g/mol. The van der Waals surface area contributed by atoms with E-state index in [1.54, 1.807) is 0 Å². The summed E-state index contributed by atoms with van der Waals surface area (Å²) in [5.74, 6) is -5.97. The molecule has 0 saturated heterocycles. The van der Waals surface area contributed by atoms with Gasteiger partial charge in [0.1, 0.15) is 0 Å². The van der Waals surface area contributed by atoms with Gasteiger partial charge in [-0.1, -0.05) is 26.7 Å². The van der Waals surface area contributed by atoms with Gasteiger partial charge in [0.15, 0.2) is 23.3 Å². The average Bonchev–Trinajstić information content (AvgIpc) is 2.23. The summed E-state index contributed by atoms with van der Waals surface area (Å²) in [6.45, 7) is 3.83. The molecule has 0 heterocycles. The largest absolute Gasteiger partial charge is 0.204 e. The second-order valence-corrected chi connectivity index (χ2v) is 4.06. The van der Waals surface area contributed by atoms with Gasteiger partial charge in [-0.05, 0) is 24.0 Å². The van der Waals surface area contributed by atoms with E-state index in [2.05, 4.69) is 0 Å². The van der Waals surface area contributed by atoms with Crippen LogP contribution in [0.25, 0.3) is 0 Å². The van der Waals surface area contributed by atoms with E-state index in [0.717, 1.165) is 18.9 Å². The summed E-state index contributed by atoms with van der Waals surface area (Å²) in [4.78, 5) is 0. The van der Waals surface area contributed by atoms with E-state index >= 15 is 0 Å². The van der Waals surface area contributed by atoms with Gasteiger partial charge in [0.2, 0.25) is 0 Å². The molecule has 0 N–H and O–H groups in total. The van der Waals surface area contributed by atoms with Crippen molar-refractivity contribution in [3.05, 3.63) is 34.9 Å². The highest BCUT2D eigenvalue weighted by Crippen LogP contribution is 2.22. The SMILES string of the molecule is CCCC(C)Cc1cc(F)c(F)c(F)c1F. The van der Waals surface area contributed by atoms with Gasteiger partial charge in [-0.3, -0.25) is 0 Å². The van der Waals surface area contributed by atoms with Crippen LogP contribution in [0.1, 0.15) is 32.3 Å². The van der Waals surface area contributed by atoms with Crippen molar-refractivity contribution in [3.8, 4) is 0 Å². The molecule has 90 valence electrons. The third kappa shape index (κ3) is 2.74. The second kappa shape index (κ2) is 5.32. The molecule has 1 unspecified atom stereocenters. The molecule has 1 aromatic carbocycles. The van der Waals surface area contributed by atoms with E-state index in [0.29, 0.717) is 0 Å². The number of hydrogen-bond donors (Lipinski definition) is 0. The van der Waals surface area contributed by atoms with E-state index in [1.807, 2.05) is 13.8 Å². The summed E-state index contributed by atoms with van der Waals surface area (Å²) in [7, 11) is 0. The van der Waals surface area contributed by atoms with Crippen LogP contribution in [0.15, 0.2) is 6.07 Å². The third-order valence-electron chi connectivity index (χ3n) is 2.53. The Morgan fingerprint density at radius 1 is 1.06 bits per heavy atom. The lowest BCUT2D eigenvalue weighted by Gasteiger charge is -2.11. The Labute approximate surface area is 92.3 Å². The topological polar surface area (TPSA) is 0 Å². The molecule has 0 aliphatic heterocycles. The molecule has 1 aromatic rings. The Morgan fingerprint density at radius 3 is 2.25 bits per heavy atom. The Balaban J connectivity index is 2.97. The van der Waals surface area contributed by atoms with Gasteiger partial charge in [-0.15, -0.1) is 0 Å².